The number of sulfonamides is 1. The third kappa shape index (κ3) is 3.39. The molecule has 2 aromatic carbocycles. The van der Waals surface area contributed by atoms with E-state index in [9.17, 15) is 21.6 Å². The van der Waals surface area contributed by atoms with Gasteiger partial charge in [-0.3, -0.25) is 0 Å². The molecule has 2 heterocycles. The molecule has 6 nitrogen and oxygen atoms in total. The lowest BCUT2D eigenvalue weighted by Gasteiger charge is -2.09. The number of nitrogens with two attached hydrogens (primary N) is 1. The van der Waals surface area contributed by atoms with Gasteiger partial charge in [0, 0.05) is 5.56 Å². The van der Waals surface area contributed by atoms with E-state index in [-0.39, 0.29) is 4.34 Å². The molecule has 0 bridgehead atoms. The van der Waals surface area contributed by atoms with E-state index in [0.717, 1.165) is 23.5 Å². The molecule has 144 valence electrons. The summed E-state index contributed by atoms with van der Waals surface area (Å²) in [6.45, 7) is 0. The van der Waals surface area contributed by atoms with Crippen molar-refractivity contribution in [2.45, 2.75) is 10.5 Å². The second kappa shape index (κ2) is 6.40. The van der Waals surface area contributed by atoms with E-state index in [2.05, 4.69) is 10.1 Å². The lowest BCUT2D eigenvalue weighted by Crippen LogP contribution is -2.12. The van der Waals surface area contributed by atoms with Crippen molar-refractivity contribution in [3.8, 4) is 22.4 Å². The molecule has 28 heavy (non-hydrogen) atoms. The summed E-state index contributed by atoms with van der Waals surface area (Å²) in [4.78, 5) is 4.48. The SMILES string of the molecule is NS(=O)(=O)c1nn2c(-c3ccc(-c4cccc(C(F)(F)F)c4)cc3)cnc2s1. The molecule has 0 spiro atoms. The van der Waals surface area contributed by atoms with Crippen LogP contribution in [0.3, 0.4) is 0 Å². The van der Waals surface area contributed by atoms with Crippen molar-refractivity contribution >= 4 is 26.3 Å². The van der Waals surface area contributed by atoms with Gasteiger partial charge in [-0.2, -0.15) is 13.2 Å². The summed E-state index contributed by atoms with van der Waals surface area (Å²) < 4.78 is 62.7. The Morgan fingerprint density at radius 2 is 1.68 bits per heavy atom. The third-order valence-electron chi connectivity index (χ3n) is 4.01. The number of nitrogens with zero attached hydrogens (tertiary/aromatic N) is 3. The van der Waals surface area contributed by atoms with Gasteiger partial charge in [0.15, 0.2) is 0 Å². The maximum atomic E-state index is 12.9. The lowest BCUT2D eigenvalue weighted by molar-refractivity contribution is -0.137. The molecule has 4 aromatic rings. The van der Waals surface area contributed by atoms with Crippen molar-refractivity contribution in [3.63, 3.8) is 0 Å². The van der Waals surface area contributed by atoms with Gasteiger partial charge in [0.05, 0.1) is 17.5 Å². The molecule has 0 saturated heterocycles. The third-order valence-corrected chi connectivity index (χ3v) is 6.25. The van der Waals surface area contributed by atoms with Crippen LogP contribution in [0.5, 0.6) is 0 Å². The quantitative estimate of drug-likeness (QED) is 0.542. The average Bonchev–Trinajstić information content (AvgIpc) is 3.22. The van der Waals surface area contributed by atoms with E-state index in [1.807, 2.05) is 0 Å². The summed E-state index contributed by atoms with van der Waals surface area (Å²) in [5, 5.41) is 9.07. The minimum Gasteiger partial charge on any atom is -0.225 e. The van der Waals surface area contributed by atoms with Gasteiger partial charge in [-0.05, 0) is 23.3 Å². The first-order chi connectivity index (χ1) is 13.1. The zero-order chi connectivity index (χ0) is 20.1. The van der Waals surface area contributed by atoms with Crippen LogP contribution in [0, 0.1) is 0 Å². The van der Waals surface area contributed by atoms with Crippen molar-refractivity contribution in [2.24, 2.45) is 5.14 Å². The van der Waals surface area contributed by atoms with Crippen LogP contribution in [0.4, 0.5) is 13.2 Å². The number of benzene rings is 2. The first-order valence-electron chi connectivity index (χ1n) is 7.78. The van der Waals surface area contributed by atoms with Gasteiger partial charge in [-0.15, -0.1) is 5.10 Å². The summed E-state index contributed by atoms with van der Waals surface area (Å²) in [5.74, 6) is 0. The molecule has 4 rings (SSSR count). The molecule has 0 radical (unpaired) electrons. The topological polar surface area (TPSA) is 90.4 Å². The Balaban J connectivity index is 1.71. The van der Waals surface area contributed by atoms with E-state index in [4.69, 9.17) is 5.14 Å². The van der Waals surface area contributed by atoms with E-state index in [1.165, 1.54) is 16.8 Å². The largest absolute Gasteiger partial charge is 0.416 e. The summed E-state index contributed by atoms with van der Waals surface area (Å²) in [6.07, 6.45) is -2.88. The lowest BCUT2D eigenvalue weighted by atomic mass is 10.0. The smallest absolute Gasteiger partial charge is 0.225 e. The number of rotatable bonds is 3. The van der Waals surface area contributed by atoms with Crippen molar-refractivity contribution in [2.75, 3.05) is 0 Å². The molecule has 0 fully saturated rings. The number of aromatic nitrogens is 3. The molecule has 0 aliphatic heterocycles. The summed E-state index contributed by atoms with van der Waals surface area (Å²) in [7, 11) is -3.94. The van der Waals surface area contributed by atoms with Gasteiger partial charge in [-0.1, -0.05) is 47.7 Å². The zero-order valence-corrected chi connectivity index (χ0v) is 15.5. The minimum atomic E-state index is -4.41. The predicted molar refractivity (Wildman–Crippen MR) is 98.1 cm³/mol. The molecule has 0 aliphatic carbocycles. The standard InChI is InChI=1S/C17H11F3N4O2S2/c18-17(19,20)13-3-1-2-12(8-13)10-4-6-11(7-5-10)14-9-22-15-24(14)23-16(27-15)28(21,25)26/h1-9H,(H2,21,25,26). The molecule has 0 saturated carbocycles. The number of primary sulfonamides is 1. The predicted octanol–water partition coefficient (Wildman–Crippen LogP) is 3.79. The van der Waals surface area contributed by atoms with Crippen molar-refractivity contribution in [3.05, 3.63) is 60.3 Å². The summed E-state index contributed by atoms with van der Waals surface area (Å²) in [5.41, 5.74) is 1.54. The summed E-state index contributed by atoms with van der Waals surface area (Å²) in [6, 6.07) is 11.8. The minimum absolute atomic E-state index is 0.252. The fourth-order valence-corrected chi connectivity index (χ4v) is 4.19. The second-order valence-electron chi connectivity index (χ2n) is 5.91. The Hall–Kier alpha value is -2.76. The normalized spacial score (nSPS) is 12.6. The highest BCUT2D eigenvalue weighted by molar-refractivity contribution is 7.91. The highest BCUT2D eigenvalue weighted by Gasteiger charge is 2.30. The Bertz CT molecular complexity index is 1280. The Labute approximate surface area is 161 Å². The molecule has 2 aromatic heterocycles. The molecule has 11 heteroatoms. The molecule has 0 atom stereocenters. The van der Waals surface area contributed by atoms with Gasteiger partial charge < -0.3 is 0 Å². The fourth-order valence-electron chi connectivity index (χ4n) is 2.70. The molecular formula is C17H11F3N4O2S2. The van der Waals surface area contributed by atoms with Crippen LogP contribution in [0.15, 0.2) is 59.1 Å². The first kappa shape index (κ1) is 18.6. The highest BCUT2D eigenvalue weighted by atomic mass is 32.2. The number of hydrogen-bond acceptors (Lipinski definition) is 5. The van der Waals surface area contributed by atoms with Gasteiger partial charge >= 0.3 is 6.18 Å². The maximum absolute atomic E-state index is 12.9. The highest BCUT2D eigenvalue weighted by Crippen LogP contribution is 2.33. The summed E-state index contributed by atoms with van der Waals surface area (Å²) >= 11 is 0.845. The molecule has 2 N–H and O–H groups in total. The van der Waals surface area contributed by atoms with E-state index in [0.29, 0.717) is 27.3 Å². The van der Waals surface area contributed by atoms with E-state index in [1.54, 1.807) is 30.3 Å². The van der Waals surface area contributed by atoms with Gasteiger partial charge in [0.1, 0.15) is 0 Å². The molecule has 0 aliphatic rings. The van der Waals surface area contributed by atoms with Gasteiger partial charge in [-0.25, -0.2) is 23.1 Å². The van der Waals surface area contributed by atoms with E-state index >= 15 is 0 Å². The van der Waals surface area contributed by atoms with E-state index < -0.39 is 21.8 Å². The van der Waals surface area contributed by atoms with Crippen molar-refractivity contribution < 1.29 is 21.6 Å². The Kier molecular flexibility index (Phi) is 4.25. The van der Waals surface area contributed by atoms with Crippen LogP contribution in [-0.4, -0.2) is 23.0 Å². The van der Waals surface area contributed by atoms with Crippen LogP contribution in [0.1, 0.15) is 5.56 Å². The Morgan fingerprint density at radius 3 is 2.32 bits per heavy atom. The fraction of sp³-hybridized carbons (Fsp3) is 0.0588. The number of hydrogen-bond donors (Lipinski definition) is 1. The van der Waals surface area contributed by atoms with Crippen LogP contribution < -0.4 is 5.14 Å². The van der Waals surface area contributed by atoms with Gasteiger partial charge in [0.25, 0.3) is 10.0 Å². The number of halogens is 3. The first-order valence-corrected chi connectivity index (χ1v) is 10.1. The number of imidazole rings is 1. The molecule has 0 unspecified atom stereocenters. The Morgan fingerprint density at radius 1 is 1.00 bits per heavy atom. The van der Waals surface area contributed by atoms with Crippen LogP contribution in [0.25, 0.3) is 27.3 Å². The van der Waals surface area contributed by atoms with Crippen LogP contribution >= 0.6 is 11.3 Å². The van der Waals surface area contributed by atoms with Crippen LogP contribution in [0.2, 0.25) is 0 Å². The maximum Gasteiger partial charge on any atom is 0.416 e. The van der Waals surface area contributed by atoms with Crippen molar-refractivity contribution in [1.29, 1.82) is 0 Å². The number of fused-ring (bicyclic) bond motifs is 1. The zero-order valence-electron chi connectivity index (χ0n) is 13.9. The molecular weight excluding hydrogens is 413 g/mol. The monoisotopic (exact) mass is 424 g/mol. The average molecular weight is 424 g/mol. The molecule has 0 amide bonds. The number of alkyl halides is 3. The van der Waals surface area contributed by atoms with Crippen LogP contribution in [-0.2, 0) is 16.2 Å². The van der Waals surface area contributed by atoms with Crippen molar-refractivity contribution in [1.82, 2.24) is 14.6 Å². The van der Waals surface area contributed by atoms with Gasteiger partial charge in [0.2, 0.25) is 9.30 Å². The second-order valence-corrected chi connectivity index (χ2v) is 8.60.